The molecule has 100 valence electrons. The van der Waals surface area contributed by atoms with Gasteiger partial charge in [0.15, 0.2) is 0 Å². The Morgan fingerprint density at radius 1 is 1.37 bits per heavy atom. The number of nitrogens with zero attached hydrogens (tertiary/aromatic N) is 1. The van der Waals surface area contributed by atoms with Gasteiger partial charge in [0.25, 0.3) is 0 Å². The zero-order valence-corrected chi connectivity index (χ0v) is 11.9. The lowest BCUT2D eigenvalue weighted by atomic mass is 9.93. The fourth-order valence-corrected chi connectivity index (χ4v) is 3.78. The van der Waals surface area contributed by atoms with E-state index in [0.29, 0.717) is 5.92 Å². The number of nitrogens with two attached hydrogens (primary N) is 1. The highest BCUT2D eigenvalue weighted by molar-refractivity contribution is 7.09. The van der Waals surface area contributed by atoms with E-state index in [1.807, 2.05) is 23.6 Å². The van der Waals surface area contributed by atoms with E-state index in [4.69, 9.17) is 5.73 Å². The Balaban J connectivity index is 1.55. The summed E-state index contributed by atoms with van der Waals surface area (Å²) < 4.78 is 0. The molecule has 2 heterocycles. The third-order valence-corrected chi connectivity index (χ3v) is 5.00. The molecule has 0 aromatic carbocycles. The molecule has 0 amide bonds. The number of hydrogen-bond acceptors (Lipinski definition) is 3. The molecule has 0 bridgehead atoms. The van der Waals surface area contributed by atoms with Gasteiger partial charge in [0.05, 0.1) is 0 Å². The molecule has 2 unspecified atom stereocenters. The van der Waals surface area contributed by atoms with Gasteiger partial charge in [0.2, 0.25) is 0 Å². The Morgan fingerprint density at radius 2 is 2.32 bits per heavy atom. The second-order valence-electron chi connectivity index (χ2n) is 5.33. The molecule has 2 aromatic rings. The normalized spacial score (nSPS) is 19.3. The first-order chi connectivity index (χ1) is 9.34. The highest BCUT2D eigenvalue weighted by Crippen LogP contribution is 2.34. The Morgan fingerprint density at radius 3 is 3.16 bits per heavy atom. The monoisotopic (exact) mass is 272 g/mol. The van der Waals surface area contributed by atoms with E-state index in [1.165, 1.54) is 29.0 Å². The van der Waals surface area contributed by atoms with Crippen LogP contribution in [0.3, 0.4) is 0 Å². The molecule has 1 aliphatic rings. The van der Waals surface area contributed by atoms with E-state index in [1.54, 1.807) is 0 Å². The fraction of sp³-hybridized carbons (Fsp3) is 0.438. The van der Waals surface area contributed by atoms with Crippen molar-refractivity contribution in [2.24, 2.45) is 5.73 Å². The Hall–Kier alpha value is -1.19. The lowest BCUT2D eigenvalue weighted by Crippen LogP contribution is -2.27. The molecule has 0 fully saturated rings. The molecule has 3 heteroatoms. The van der Waals surface area contributed by atoms with Gasteiger partial charge < -0.3 is 5.73 Å². The van der Waals surface area contributed by atoms with Crippen LogP contribution in [0.2, 0.25) is 0 Å². The number of fused-ring (bicyclic) bond motifs is 1. The van der Waals surface area contributed by atoms with Crippen molar-refractivity contribution in [3.05, 3.63) is 52.0 Å². The van der Waals surface area contributed by atoms with Crippen molar-refractivity contribution in [1.29, 1.82) is 0 Å². The lowest BCUT2D eigenvalue weighted by molar-refractivity contribution is 0.477. The maximum Gasteiger partial charge on any atom is 0.0482 e. The third-order valence-electron chi connectivity index (χ3n) is 4.06. The van der Waals surface area contributed by atoms with Gasteiger partial charge in [-0.2, -0.15) is 0 Å². The van der Waals surface area contributed by atoms with Gasteiger partial charge >= 0.3 is 0 Å². The van der Waals surface area contributed by atoms with Crippen LogP contribution < -0.4 is 5.73 Å². The number of aryl methyl sites for hydroxylation is 2. The molecular formula is C16H20N2S. The maximum absolute atomic E-state index is 6.40. The first-order valence-electron chi connectivity index (χ1n) is 7.06. The highest BCUT2D eigenvalue weighted by atomic mass is 32.1. The molecule has 2 nitrogen and oxygen atoms in total. The summed E-state index contributed by atoms with van der Waals surface area (Å²) in [5, 5.41) is 2.15. The molecular weight excluding hydrogens is 252 g/mol. The van der Waals surface area contributed by atoms with Gasteiger partial charge in [0, 0.05) is 28.7 Å². The van der Waals surface area contributed by atoms with Crippen LogP contribution in [0.15, 0.2) is 35.8 Å². The molecule has 2 N–H and O–H groups in total. The molecule has 1 aliphatic carbocycles. The Bertz CT molecular complexity index is 521. The van der Waals surface area contributed by atoms with Crippen LogP contribution in [-0.2, 0) is 12.8 Å². The van der Waals surface area contributed by atoms with Gasteiger partial charge in [-0.3, -0.25) is 4.98 Å². The van der Waals surface area contributed by atoms with Crippen molar-refractivity contribution in [2.45, 2.75) is 44.1 Å². The summed E-state index contributed by atoms with van der Waals surface area (Å²) in [7, 11) is 0. The number of rotatable bonds is 5. The molecule has 0 radical (unpaired) electrons. The van der Waals surface area contributed by atoms with Gasteiger partial charge in [0.1, 0.15) is 0 Å². The molecule has 19 heavy (non-hydrogen) atoms. The van der Waals surface area contributed by atoms with Crippen LogP contribution in [0.5, 0.6) is 0 Å². The molecule has 0 saturated carbocycles. The summed E-state index contributed by atoms with van der Waals surface area (Å²) in [6.07, 6.45) is 7.65. The maximum atomic E-state index is 6.40. The number of hydrogen-bond donors (Lipinski definition) is 1. The Kier molecular flexibility index (Phi) is 3.95. The number of aromatic nitrogens is 1. The van der Waals surface area contributed by atoms with E-state index in [-0.39, 0.29) is 6.04 Å². The summed E-state index contributed by atoms with van der Waals surface area (Å²) >= 11 is 1.84. The lowest BCUT2D eigenvalue weighted by Gasteiger charge is -2.19. The predicted octanol–water partition coefficient (Wildman–Crippen LogP) is 3.52. The van der Waals surface area contributed by atoms with Crippen molar-refractivity contribution in [3.8, 4) is 0 Å². The summed E-state index contributed by atoms with van der Waals surface area (Å²) in [6.45, 7) is 0. The summed E-state index contributed by atoms with van der Waals surface area (Å²) in [4.78, 5) is 6.01. The van der Waals surface area contributed by atoms with E-state index < -0.39 is 0 Å². The third kappa shape index (κ3) is 2.88. The van der Waals surface area contributed by atoms with Crippen LogP contribution in [0, 0.1) is 0 Å². The van der Waals surface area contributed by atoms with Crippen molar-refractivity contribution in [2.75, 3.05) is 0 Å². The minimum atomic E-state index is 0.260. The molecule has 0 saturated heterocycles. The van der Waals surface area contributed by atoms with E-state index in [2.05, 4.69) is 28.6 Å². The van der Waals surface area contributed by atoms with E-state index >= 15 is 0 Å². The van der Waals surface area contributed by atoms with E-state index in [9.17, 15) is 0 Å². The minimum Gasteiger partial charge on any atom is -0.327 e. The van der Waals surface area contributed by atoms with Gasteiger partial charge in [-0.25, -0.2) is 0 Å². The summed E-state index contributed by atoms with van der Waals surface area (Å²) in [5.41, 5.74) is 9.06. The molecule has 0 spiro atoms. The molecule has 3 rings (SSSR count). The smallest absolute Gasteiger partial charge is 0.0482 e. The number of pyridine rings is 1. The van der Waals surface area contributed by atoms with Gasteiger partial charge in [-0.1, -0.05) is 12.1 Å². The van der Waals surface area contributed by atoms with Crippen molar-refractivity contribution in [1.82, 2.24) is 4.98 Å². The molecule has 2 aromatic heterocycles. The highest BCUT2D eigenvalue weighted by Gasteiger charge is 2.28. The first kappa shape index (κ1) is 12.8. The molecule has 0 aliphatic heterocycles. The minimum absolute atomic E-state index is 0.260. The summed E-state index contributed by atoms with van der Waals surface area (Å²) in [6, 6.07) is 8.82. The number of thiophene rings is 1. The zero-order valence-electron chi connectivity index (χ0n) is 11.1. The largest absolute Gasteiger partial charge is 0.327 e. The van der Waals surface area contributed by atoms with Crippen molar-refractivity contribution < 1.29 is 0 Å². The van der Waals surface area contributed by atoms with Crippen LogP contribution in [-0.4, -0.2) is 11.0 Å². The standard InChI is InChI=1S/C16H20N2S/c17-15(7-1-5-13-6-3-11-19-13)14-9-8-12-4-2-10-18-16(12)14/h2-4,6,10-11,14-15H,1,5,7-9,17H2. The average molecular weight is 272 g/mol. The van der Waals surface area contributed by atoms with Crippen LogP contribution in [0.1, 0.15) is 41.3 Å². The van der Waals surface area contributed by atoms with Crippen LogP contribution in [0.4, 0.5) is 0 Å². The predicted molar refractivity (Wildman–Crippen MR) is 80.5 cm³/mol. The van der Waals surface area contributed by atoms with Crippen LogP contribution in [0.25, 0.3) is 0 Å². The van der Waals surface area contributed by atoms with Gasteiger partial charge in [-0.15, -0.1) is 11.3 Å². The fourth-order valence-electron chi connectivity index (χ4n) is 3.03. The second kappa shape index (κ2) is 5.85. The first-order valence-corrected chi connectivity index (χ1v) is 7.94. The van der Waals surface area contributed by atoms with E-state index in [0.717, 1.165) is 19.3 Å². The van der Waals surface area contributed by atoms with Crippen LogP contribution >= 0.6 is 11.3 Å². The Labute approximate surface area is 118 Å². The molecule has 2 atom stereocenters. The summed E-state index contributed by atoms with van der Waals surface area (Å²) in [5.74, 6) is 0.472. The topological polar surface area (TPSA) is 38.9 Å². The SMILES string of the molecule is NC(CCCc1cccs1)C1CCc2cccnc21. The second-order valence-corrected chi connectivity index (χ2v) is 6.36. The van der Waals surface area contributed by atoms with Crippen molar-refractivity contribution >= 4 is 11.3 Å². The quantitative estimate of drug-likeness (QED) is 0.904. The van der Waals surface area contributed by atoms with Crippen molar-refractivity contribution in [3.63, 3.8) is 0 Å². The zero-order chi connectivity index (χ0) is 13.1. The van der Waals surface area contributed by atoms with Gasteiger partial charge in [-0.05, 0) is 55.2 Å². The average Bonchev–Trinajstić information content (AvgIpc) is 3.07.